The molecule has 25 heavy (non-hydrogen) atoms. The first kappa shape index (κ1) is 21.4. The summed E-state index contributed by atoms with van der Waals surface area (Å²) in [6, 6.07) is -0.546. The maximum absolute atomic E-state index is 12.6. The highest BCUT2D eigenvalue weighted by atomic mass is 35.5. The van der Waals surface area contributed by atoms with Gasteiger partial charge in [0, 0.05) is 30.2 Å². The molecule has 0 aliphatic rings. The van der Waals surface area contributed by atoms with E-state index in [0.717, 1.165) is 20.8 Å². The summed E-state index contributed by atoms with van der Waals surface area (Å²) in [6.07, 6.45) is 4.12. The molecule has 0 aliphatic carbocycles. The molecule has 11 heteroatoms. The number of rotatable bonds is 9. The fourth-order valence-electron chi connectivity index (χ4n) is 1.83. The van der Waals surface area contributed by atoms with Gasteiger partial charge in [0.25, 0.3) is 15.2 Å². The number of sulfonamides is 1. The third kappa shape index (κ3) is 5.40. The zero-order chi connectivity index (χ0) is 19.0. The molecular weight excluding hydrogens is 389 g/mol. The summed E-state index contributed by atoms with van der Waals surface area (Å²) in [5.41, 5.74) is 1.08. The number of aromatic nitrogens is 3. The molecule has 0 aromatic carbocycles. The van der Waals surface area contributed by atoms with E-state index in [-0.39, 0.29) is 31.2 Å². The molecule has 0 N–H and O–H groups in total. The van der Waals surface area contributed by atoms with Gasteiger partial charge in [-0.2, -0.15) is 8.99 Å². The monoisotopic (exact) mass is 407 g/mol. The second kappa shape index (κ2) is 9.71. The number of halogens is 2. The van der Waals surface area contributed by atoms with Crippen molar-refractivity contribution in [2.45, 2.75) is 12.1 Å². The molecule has 0 aliphatic heterocycles. The average Bonchev–Trinajstić information content (AvgIpc) is 3.09. The van der Waals surface area contributed by atoms with Crippen LogP contribution in [0.4, 0.5) is 4.79 Å². The average molecular weight is 408 g/mol. The van der Waals surface area contributed by atoms with E-state index in [4.69, 9.17) is 23.2 Å². The molecule has 1 rings (SSSR count). The third-order valence-electron chi connectivity index (χ3n) is 3.01. The van der Waals surface area contributed by atoms with Crippen LogP contribution in [0.25, 0.3) is 0 Å². The van der Waals surface area contributed by atoms with Gasteiger partial charge in [-0.05, 0) is 0 Å². The quantitative estimate of drug-likeness (QED) is 0.585. The van der Waals surface area contributed by atoms with E-state index in [1.807, 2.05) is 0 Å². The molecule has 0 unspecified atom stereocenters. The fourth-order valence-corrected chi connectivity index (χ4v) is 3.37. The molecule has 1 aromatic rings. The van der Waals surface area contributed by atoms with Crippen LogP contribution in [0.5, 0.6) is 0 Å². The van der Waals surface area contributed by atoms with Gasteiger partial charge < -0.3 is 4.90 Å². The lowest BCUT2D eigenvalue weighted by Crippen LogP contribution is -2.36. The van der Waals surface area contributed by atoms with E-state index >= 15 is 0 Å². The van der Waals surface area contributed by atoms with Crippen molar-refractivity contribution in [2.24, 2.45) is 0 Å². The normalized spacial score (nSPS) is 12.2. The van der Waals surface area contributed by atoms with E-state index in [9.17, 15) is 13.2 Å². The van der Waals surface area contributed by atoms with Crippen molar-refractivity contribution < 1.29 is 13.2 Å². The first-order valence-corrected chi connectivity index (χ1v) is 9.44. The number of carbonyl (C=O) groups excluding carboxylic acids is 1. The summed E-state index contributed by atoms with van der Waals surface area (Å²) in [4.78, 5) is 17.5. The Bertz CT molecular complexity index is 750. The summed E-state index contributed by atoms with van der Waals surface area (Å²) in [5, 5.41) is 3.43. The van der Waals surface area contributed by atoms with Gasteiger partial charge in [-0.15, -0.1) is 18.3 Å². The second-order valence-electron chi connectivity index (χ2n) is 4.72. The van der Waals surface area contributed by atoms with E-state index in [1.165, 1.54) is 17.1 Å². The highest BCUT2D eigenvalue weighted by Gasteiger charge is 2.29. The van der Waals surface area contributed by atoms with Gasteiger partial charge >= 0.3 is 6.03 Å². The topological polar surface area (TPSA) is 88.4 Å². The standard InChI is InChI=1S/C14H19Cl2N5O3S/c1-4-7-19(8-5-2)14(22)21-11-17-13(18-21)25(23,24)20(6-3)10-12(16)9-15/h4-5,9,11H,1-2,6-8,10H2,3H3. The van der Waals surface area contributed by atoms with Crippen molar-refractivity contribution in [2.75, 3.05) is 26.2 Å². The number of carbonyl (C=O) groups is 1. The first-order valence-electron chi connectivity index (χ1n) is 7.19. The molecule has 8 nitrogen and oxygen atoms in total. The second-order valence-corrected chi connectivity index (χ2v) is 7.26. The summed E-state index contributed by atoms with van der Waals surface area (Å²) in [6.45, 7) is 9.29. The zero-order valence-corrected chi connectivity index (χ0v) is 16.0. The Kier molecular flexibility index (Phi) is 8.30. The van der Waals surface area contributed by atoms with Crippen LogP contribution in [0.15, 0.2) is 47.4 Å². The molecule has 1 heterocycles. The summed E-state index contributed by atoms with van der Waals surface area (Å²) in [5.74, 6) is 0. The van der Waals surface area contributed by atoms with Gasteiger partial charge in [-0.1, -0.05) is 42.3 Å². The van der Waals surface area contributed by atoms with Crippen LogP contribution in [0.3, 0.4) is 0 Å². The number of likely N-dealkylation sites (N-methyl/N-ethyl adjacent to an activating group) is 1. The molecule has 0 fully saturated rings. The lowest BCUT2D eigenvalue weighted by atomic mass is 10.5. The number of hydrogen-bond donors (Lipinski definition) is 0. The minimum absolute atomic E-state index is 0.120. The smallest absolute Gasteiger partial charge is 0.315 e. The Morgan fingerprint density at radius 3 is 2.44 bits per heavy atom. The van der Waals surface area contributed by atoms with Crippen molar-refractivity contribution in [3.05, 3.63) is 42.2 Å². The van der Waals surface area contributed by atoms with Gasteiger partial charge in [0.05, 0.1) is 6.54 Å². The minimum atomic E-state index is -4.02. The van der Waals surface area contributed by atoms with Crippen LogP contribution in [0.2, 0.25) is 0 Å². The molecule has 0 saturated heterocycles. The van der Waals surface area contributed by atoms with Gasteiger partial charge in [0.1, 0.15) is 6.33 Å². The van der Waals surface area contributed by atoms with Crippen LogP contribution >= 0.6 is 23.2 Å². The maximum atomic E-state index is 12.6. The number of nitrogens with zero attached hydrogens (tertiary/aromatic N) is 5. The van der Waals surface area contributed by atoms with Crippen LogP contribution in [-0.2, 0) is 10.0 Å². The Hall–Kier alpha value is -1.68. The maximum Gasteiger partial charge on any atom is 0.346 e. The SMILES string of the molecule is C=CCN(CC=C)C(=O)n1cnc(S(=O)(=O)N(CC)CC(Cl)=CCl)n1. The van der Waals surface area contributed by atoms with Crippen molar-refractivity contribution in [1.29, 1.82) is 0 Å². The molecule has 138 valence electrons. The van der Waals surface area contributed by atoms with Gasteiger partial charge in [0.2, 0.25) is 0 Å². The van der Waals surface area contributed by atoms with Gasteiger partial charge in [0.15, 0.2) is 0 Å². The predicted molar refractivity (Wildman–Crippen MR) is 97.0 cm³/mol. The van der Waals surface area contributed by atoms with Crippen LogP contribution in [0, 0.1) is 0 Å². The number of amides is 1. The van der Waals surface area contributed by atoms with E-state index in [0.29, 0.717) is 0 Å². The van der Waals surface area contributed by atoms with Gasteiger partial charge in [-0.3, -0.25) is 0 Å². The van der Waals surface area contributed by atoms with Crippen molar-refractivity contribution in [3.8, 4) is 0 Å². The van der Waals surface area contributed by atoms with Crippen LogP contribution < -0.4 is 0 Å². The molecule has 1 aromatic heterocycles. The summed E-state index contributed by atoms with van der Waals surface area (Å²) < 4.78 is 27.0. The number of hydrogen-bond acceptors (Lipinski definition) is 5. The Morgan fingerprint density at radius 1 is 1.36 bits per heavy atom. The summed E-state index contributed by atoms with van der Waals surface area (Å²) >= 11 is 11.3. The highest BCUT2D eigenvalue weighted by Crippen LogP contribution is 2.15. The van der Waals surface area contributed by atoms with Crippen molar-refractivity contribution >= 4 is 39.3 Å². The predicted octanol–water partition coefficient (Wildman–Crippen LogP) is 2.25. The molecule has 1 amide bonds. The Morgan fingerprint density at radius 2 is 1.96 bits per heavy atom. The Balaban J connectivity index is 3.10. The van der Waals surface area contributed by atoms with Crippen LogP contribution in [0.1, 0.15) is 6.92 Å². The van der Waals surface area contributed by atoms with Crippen molar-refractivity contribution in [3.63, 3.8) is 0 Å². The minimum Gasteiger partial charge on any atom is -0.315 e. The highest BCUT2D eigenvalue weighted by molar-refractivity contribution is 7.89. The molecule has 0 saturated carbocycles. The lowest BCUT2D eigenvalue weighted by Gasteiger charge is -2.18. The zero-order valence-electron chi connectivity index (χ0n) is 13.7. The lowest BCUT2D eigenvalue weighted by molar-refractivity contribution is 0.206. The van der Waals surface area contributed by atoms with Gasteiger partial charge in [-0.25, -0.2) is 18.2 Å². The van der Waals surface area contributed by atoms with E-state index < -0.39 is 21.2 Å². The molecular formula is C14H19Cl2N5O3S. The molecule has 0 atom stereocenters. The van der Waals surface area contributed by atoms with E-state index in [1.54, 1.807) is 6.92 Å². The summed E-state index contributed by atoms with van der Waals surface area (Å²) in [7, 11) is -4.02. The molecule has 0 bridgehead atoms. The molecule has 0 spiro atoms. The fraction of sp³-hybridized carbons (Fsp3) is 0.357. The first-order chi connectivity index (χ1) is 11.8. The largest absolute Gasteiger partial charge is 0.346 e. The Labute approximate surface area is 157 Å². The van der Waals surface area contributed by atoms with Crippen molar-refractivity contribution in [1.82, 2.24) is 24.0 Å². The van der Waals surface area contributed by atoms with E-state index in [2.05, 4.69) is 23.2 Å². The van der Waals surface area contributed by atoms with Crippen LogP contribution in [-0.4, -0.2) is 64.6 Å². The molecule has 0 radical (unpaired) electrons. The third-order valence-corrected chi connectivity index (χ3v) is 5.32.